The van der Waals surface area contributed by atoms with Crippen LogP contribution in [0, 0.1) is 5.82 Å². The van der Waals surface area contributed by atoms with Crippen LogP contribution in [0.25, 0.3) is 0 Å². The van der Waals surface area contributed by atoms with Gasteiger partial charge in [0.2, 0.25) is 10.0 Å². The van der Waals surface area contributed by atoms with Crippen LogP contribution in [0.3, 0.4) is 0 Å². The van der Waals surface area contributed by atoms with Gasteiger partial charge in [-0.3, -0.25) is 0 Å². The summed E-state index contributed by atoms with van der Waals surface area (Å²) in [6.45, 7) is 2.53. The number of nitrogens with one attached hydrogen (secondary N) is 1. The van der Waals surface area contributed by atoms with E-state index in [1.54, 1.807) is 25.1 Å². The van der Waals surface area contributed by atoms with Gasteiger partial charge in [-0.15, -0.1) is 0 Å². The lowest BCUT2D eigenvalue weighted by Crippen LogP contribution is -2.27. The number of benzene rings is 2. The number of fused-ring (bicyclic) bond motifs is 1. The average Bonchev–Trinajstić information content (AvgIpc) is 2.54. The standard InChI is InChI=1S/C16H16FNO4S/c1-11(12-2-4-13(17)5-3-12)18-23(19,20)14-6-7-15-16(10-14)22-9-8-21-15/h2-7,10-11,18H,8-9H2,1H3. The monoisotopic (exact) mass is 337 g/mol. The molecule has 1 atom stereocenters. The maximum atomic E-state index is 12.9. The number of hydrogen-bond acceptors (Lipinski definition) is 4. The number of halogens is 1. The molecular weight excluding hydrogens is 321 g/mol. The van der Waals surface area contributed by atoms with E-state index in [4.69, 9.17) is 9.47 Å². The second kappa shape index (κ2) is 6.17. The van der Waals surface area contributed by atoms with Crippen molar-refractivity contribution in [3.63, 3.8) is 0 Å². The summed E-state index contributed by atoms with van der Waals surface area (Å²) in [7, 11) is -3.73. The first-order chi connectivity index (χ1) is 11.0. The van der Waals surface area contributed by atoms with Crippen LogP contribution in [-0.2, 0) is 10.0 Å². The first kappa shape index (κ1) is 15.8. The zero-order valence-corrected chi connectivity index (χ0v) is 13.3. The van der Waals surface area contributed by atoms with Crippen molar-refractivity contribution >= 4 is 10.0 Å². The quantitative estimate of drug-likeness (QED) is 0.931. The molecule has 0 saturated carbocycles. The highest BCUT2D eigenvalue weighted by molar-refractivity contribution is 7.89. The lowest BCUT2D eigenvalue weighted by molar-refractivity contribution is 0.171. The molecule has 0 spiro atoms. The summed E-state index contributed by atoms with van der Waals surface area (Å²) in [6.07, 6.45) is 0. The summed E-state index contributed by atoms with van der Waals surface area (Å²) >= 11 is 0. The maximum Gasteiger partial charge on any atom is 0.241 e. The van der Waals surface area contributed by atoms with E-state index in [-0.39, 0.29) is 10.7 Å². The van der Waals surface area contributed by atoms with E-state index in [0.717, 1.165) is 0 Å². The summed E-state index contributed by atoms with van der Waals surface area (Å²) in [5.74, 6) is 0.575. The van der Waals surface area contributed by atoms with Crippen LogP contribution in [-0.4, -0.2) is 21.6 Å². The Bertz CT molecular complexity index is 805. The fourth-order valence-corrected chi connectivity index (χ4v) is 3.56. The Hall–Kier alpha value is -2.12. The van der Waals surface area contributed by atoms with Gasteiger partial charge in [0.05, 0.1) is 4.90 Å². The van der Waals surface area contributed by atoms with Crippen LogP contribution < -0.4 is 14.2 Å². The largest absolute Gasteiger partial charge is 0.486 e. The van der Waals surface area contributed by atoms with Crippen molar-refractivity contribution < 1.29 is 22.3 Å². The molecule has 23 heavy (non-hydrogen) atoms. The lowest BCUT2D eigenvalue weighted by Gasteiger charge is -2.20. The van der Waals surface area contributed by atoms with Gasteiger partial charge in [0, 0.05) is 12.1 Å². The molecule has 2 aromatic rings. The molecule has 122 valence electrons. The van der Waals surface area contributed by atoms with Gasteiger partial charge in [-0.1, -0.05) is 12.1 Å². The van der Waals surface area contributed by atoms with Crippen LogP contribution in [0.2, 0.25) is 0 Å². The highest BCUT2D eigenvalue weighted by Crippen LogP contribution is 2.32. The van der Waals surface area contributed by atoms with Gasteiger partial charge in [-0.05, 0) is 36.8 Å². The summed E-state index contributed by atoms with van der Waals surface area (Å²) < 4.78 is 51.3. The van der Waals surface area contributed by atoms with E-state index in [1.165, 1.54) is 24.3 Å². The molecule has 1 aliphatic heterocycles. The smallest absolute Gasteiger partial charge is 0.241 e. The second-order valence-corrected chi connectivity index (χ2v) is 6.91. The van der Waals surface area contributed by atoms with E-state index in [2.05, 4.69) is 4.72 Å². The summed E-state index contributed by atoms with van der Waals surface area (Å²) in [5.41, 5.74) is 0.674. The molecule has 0 bridgehead atoms. The minimum atomic E-state index is -3.73. The van der Waals surface area contributed by atoms with Crippen LogP contribution >= 0.6 is 0 Å². The molecule has 1 unspecified atom stereocenters. The molecule has 1 aliphatic rings. The number of rotatable bonds is 4. The number of hydrogen-bond donors (Lipinski definition) is 1. The molecule has 1 N–H and O–H groups in total. The minimum Gasteiger partial charge on any atom is -0.486 e. The zero-order chi connectivity index (χ0) is 16.4. The Morgan fingerprint density at radius 3 is 2.39 bits per heavy atom. The highest BCUT2D eigenvalue weighted by atomic mass is 32.2. The Morgan fingerprint density at radius 1 is 1.04 bits per heavy atom. The van der Waals surface area contributed by atoms with Crippen molar-refractivity contribution in [2.75, 3.05) is 13.2 Å². The molecule has 0 amide bonds. The molecular formula is C16H16FNO4S. The third-order valence-corrected chi connectivity index (χ3v) is 5.06. The predicted molar refractivity (Wildman–Crippen MR) is 82.6 cm³/mol. The summed E-state index contributed by atoms with van der Waals surface area (Å²) in [6, 6.07) is 9.67. The molecule has 0 aromatic heterocycles. The molecule has 1 heterocycles. The van der Waals surface area contributed by atoms with Gasteiger partial charge in [0.15, 0.2) is 11.5 Å². The first-order valence-corrected chi connectivity index (χ1v) is 8.61. The summed E-state index contributed by atoms with van der Waals surface area (Å²) in [5, 5.41) is 0. The van der Waals surface area contributed by atoms with Gasteiger partial charge in [0.25, 0.3) is 0 Å². The SMILES string of the molecule is CC(NS(=O)(=O)c1ccc2c(c1)OCCO2)c1ccc(F)cc1. The normalized spacial score (nSPS) is 15.2. The fourth-order valence-electron chi connectivity index (χ4n) is 2.31. The van der Waals surface area contributed by atoms with Gasteiger partial charge < -0.3 is 9.47 Å². The molecule has 5 nitrogen and oxygen atoms in total. The van der Waals surface area contributed by atoms with Crippen molar-refractivity contribution in [1.29, 1.82) is 0 Å². The topological polar surface area (TPSA) is 64.6 Å². The predicted octanol–water partition coefficient (Wildman–Crippen LogP) is 2.64. The Balaban J connectivity index is 1.82. The third-order valence-electron chi connectivity index (χ3n) is 3.53. The summed E-state index contributed by atoms with van der Waals surface area (Å²) in [4.78, 5) is 0.0933. The van der Waals surface area contributed by atoms with Crippen molar-refractivity contribution in [2.24, 2.45) is 0 Å². The minimum absolute atomic E-state index is 0.0933. The van der Waals surface area contributed by atoms with E-state index in [9.17, 15) is 12.8 Å². The van der Waals surface area contributed by atoms with Crippen LogP contribution in [0.5, 0.6) is 11.5 Å². The van der Waals surface area contributed by atoms with E-state index in [0.29, 0.717) is 30.3 Å². The molecule has 0 saturated heterocycles. The molecule has 3 rings (SSSR count). The van der Waals surface area contributed by atoms with Crippen molar-refractivity contribution in [2.45, 2.75) is 17.9 Å². The maximum absolute atomic E-state index is 12.9. The Labute approximate surface area is 134 Å². The van der Waals surface area contributed by atoms with Crippen molar-refractivity contribution in [1.82, 2.24) is 4.72 Å². The van der Waals surface area contributed by atoms with E-state index in [1.807, 2.05) is 0 Å². The third kappa shape index (κ3) is 3.46. The average molecular weight is 337 g/mol. The zero-order valence-electron chi connectivity index (χ0n) is 12.5. The van der Waals surface area contributed by atoms with Gasteiger partial charge in [0.1, 0.15) is 19.0 Å². The molecule has 0 radical (unpaired) electrons. The van der Waals surface area contributed by atoms with Crippen LogP contribution in [0.1, 0.15) is 18.5 Å². The number of sulfonamides is 1. The van der Waals surface area contributed by atoms with E-state index >= 15 is 0 Å². The van der Waals surface area contributed by atoms with Gasteiger partial charge in [-0.2, -0.15) is 0 Å². The van der Waals surface area contributed by atoms with Crippen LogP contribution in [0.15, 0.2) is 47.4 Å². The first-order valence-electron chi connectivity index (χ1n) is 7.13. The van der Waals surface area contributed by atoms with Gasteiger partial charge >= 0.3 is 0 Å². The highest BCUT2D eigenvalue weighted by Gasteiger charge is 2.21. The molecule has 0 aliphatic carbocycles. The number of ether oxygens (including phenoxy) is 2. The molecule has 2 aromatic carbocycles. The van der Waals surface area contributed by atoms with Crippen LogP contribution in [0.4, 0.5) is 4.39 Å². The lowest BCUT2D eigenvalue weighted by atomic mass is 10.1. The van der Waals surface area contributed by atoms with Crippen molar-refractivity contribution in [3.8, 4) is 11.5 Å². The molecule has 7 heteroatoms. The van der Waals surface area contributed by atoms with E-state index < -0.39 is 16.1 Å². The van der Waals surface area contributed by atoms with Crippen molar-refractivity contribution in [3.05, 3.63) is 53.8 Å². The second-order valence-electron chi connectivity index (χ2n) is 5.20. The fraction of sp³-hybridized carbons (Fsp3) is 0.250. The Kier molecular flexibility index (Phi) is 4.23. The Morgan fingerprint density at radius 2 is 1.70 bits per heavy atom. The molecule has 0 fully saturated rings. The van der Waals surface area contributed by atoms with Gasteiger partial charge in [-0.25, -0.2) is 17.5 Å².